The Balaban J connectivity index is 4.50. The van der Waals surface area contributed by atoms with Crippen LogP contribution in [0, 0.1) is 5.41 Å². The first-order chi connectivity index (χ1) is 5.97. The Morgan fingerprint density at radius 1 is 1.29 bits per heavy atom. The van der Waals surface area contributed by atoms with Crippen molar-refractivity contribution in [2.75, 3.05) is 5.75 Å². The van der Waals surface area contributed by atoms with Crippen LogP contribution in [-0.2, 0) is 10.1 Å². The summed E-state index contributed by atoms with van der Waals surface area (Å²) in [4.78, 5) is 0. The summed E-state index contributed by atoms with van der Waals surface area (Å²) in [5, 5.41) is 0. The molecule has 0 spiro atoms. The number of rotatable bonds is 5. The van der Waals surface area contributed by atoms with Gasteiger partial charge in [0.2, 0.25) is 0 Å². The van der Waals surface area contributed by atoms with E-state index in [0.717, 1.165) is 6.42 Å². The second kappa shape index (κ2) is 4.41. The molecule has 0 aromatic heterocycles. The average molecular weight is 240 g/mol. The molecule has 0 aliphatic carbocycles. The van der Waals surface area contributed by atoms with E-state index in [0.29, 0.717) is 6.42 Å². The summed E-state index contributed by atoms with van der Waals surface area (Å²) in [5.41, 5.74) is -0.444. The first-order valence-corrected chi connectivity index (χ1v) is 6.71. The van der Waals surface area contributed by atoms with Gasteiger partial charge in [-0.05, 0) is 18.3 Å². The first-order valence-electron chi connectivity index (χ1n) is 4.65. The second-order valence-electron chi connectivity index (χ2n) is 4.92. The predicted octanol–water partition coefficient (Wildman–Crippen LogP) is 2.39. The largest absolute Gasteiger partial charge is 0.286 e. The van der Waals surface area contributed by atoms with Gasteiger partial charge < -0.3 is 0 Å². The molecule has 0 rings (SSSR count). The van der Waals surface area contributed by atoms with E-state index in [1.54, 1.807) is 0 Å². The van der Waals surface area contributed by atoms with Gasteiger partial charge in [-0.1, -0.05) is 27.7 Å². The Bertz CT molecular complexity index is 278. The molecule has 14 heavy (non-hydrogen) atoms. The van der Waals surface area contributed by atoms with E-state index in [1.165, 1.54) is 0 Å². The van der Waals surface area contributed by atoms with Crippen molar-refractivity contribution in [1.29, 1.82) is 0 Å². The van der Waals surface area contributed by atoms with Gasteiger partial charge in [0.25, 0.3) is 10.1 Å². The average Bonchev–Trinajstić information content (AvgIpc) is 1.78. The van der Waals surface area contributed by atoms with Crippen LogP contribution in [0.3, 0.4) is 0 Å². The molecule has 0 heterocycles. The van der Waals surface area contributed by atoms with Gasteiger partial charge in [0.05, 0.1) is 5.75 Å². The maximum atomic E-state index is 10.8. The van der Waals surface area contributed by atoms with Crippen molar-refractivity contribution in [1.82, 2.24) is 0 Å². The normalized spacial score (nSPS) is 17.9. The van der Waals surface area contributed by atoms with Gasteiger partial charge in [-0.2, -0.15) is 21.0 Å². The summed E-state index contributed by atoms with van der Waals surface area (Å²) in [6.45, 7) is 7.63. The van der Waals surface area contributed by atoms with Crippen molar-refractivity contribution < 1.29 is 13.0 Å². The summed E-state index contributed by atoms with van der Waals surface area (Å²) in [6, 6.07) is 0. The van der Waals surface area contributed by atoms with Crippen LogP contribution in [-0.4, -0.2) is 23.5 Å². The van der Waals surface area contributed by atoms with Gasteiger partial charge in [0.15, 0.2) is 0 Å². The molecular formula is C9H20O3S2. The van der Waals surface area contributed by atoms with E-state index in [1.807, 2.05) is 27.7 Å². The quantitative estimate of drug-likeness (QED) is 0.573. The molecule has 0 saturated carbocycles. The van der Waals surface area contributed by atoms with E-state index in [4.69, 9.17) is 4.55 Å². The van der Waals surface area contributed by atoms with E-state index in [-0.39, 0.29) is 10.5 Å². The van der Waals surface area contributed by atoms with Gasteiger partial charge in [0.1, 0.15) is 0 Å². The van der Waals surface area contributed by atoms with E-state index in [9.17, 15) is 8.42 Å². The van der Waals surface area contributed by atoms with Crippen molar-refractivity contribution >= 4 is 22.7 Å². The van der Waals surface area contributed by atoms with Crippen LogP contribution in [0.15, 0.2) is 0 Å². The molecule has 0 aliphatic heterocycles. The highest BCUT2D eigenvalue weighted by atomic mass is 32.2. The maximum absolute atomic E-state index is 10.8. The molecule has 0 amide bonds. The molecule has 0 fully saturated rings. The van der Waals surface area contributed by atoms with Crippen molar-refractivity contribution in [3.63, 3.8) is 0 Å². The third-order valence-corrected chi connectivity index (χ3v) is 3.81. The number of hydrogen-bond acceptors (Lipinski definition) is 3. The molecule has 5 heteroatoms. The van der Waals surface area contributed by atoms with Gasteiger partial charge in [-0.3, -0.25) is 4.55 Å². The van der Waals surface area contributed by atoms with Gasteiger partial charge in [0, 0.05) is 4.75 Å². The minimum atomic E-state index is -3.90. The zero-order valence-corrected chi connectivity index (χ0v) is 11.0. The molecule has 0 bridgehead atoms. The topological polar surface area (TPSA) is 54.4 Å². The Morgan fingerprint density at radius 3 is 2.00 bits per heavy atom. The third kappa shape index (κ3) is 6.68. The van der Waals surface area contributed by atoms with Crippen LogP contribution < -0.4 is 0 Å². The lowest BCUT2D eigenvalue weighted by Crippen LogP contribution is -2.31. The lowest BCUT2D eigenvalue weighted by atomic mass is 9.83. The molecule has 0 aliphatic rings. The molecule has 1 atom stereocenters. The summed E-state index contributed by atoms with van der Waals surface area (Å²) in [6.07, 6.45) is 1.52. The standard InChI is InChI=1S/C9H20O3S2/c1-5-9(4,13)6-8(2,3)7-14(10,11)12/h13H,5-7H2,1-4H3,(H,10,11,12). The van der Waals surface area contributed by atoms with Gasteiger partial charge in [-0.25, -0.2) is 0 Å². The lowest BCUT2D eigenvalue weighted by molar-refractivity contribution is 0.319. The van der Waals surface area contributed by atoms with Crippen molar-refractivity contribution in [2.45, 2.75) is 45.3 Å². The Labute approximate surface area is 92.4 Å². The van der Waals surface area contributed by atoms with Crippen LogP contribution >= 0.6 is 12.6 Å². The summed E-state index contributed by atoms with van der Waals surface area (Å²) in [5.74, 6) is -0.212. The molecule has 0 aromatic rings. The SMILES string of the molecule is CCC(C)(S)CC(C)(C)CS(=O)(=O)O. The van der Waals surface area contributed by atoms with Crippen LogP contribution in [0.2, 0.25) is 0 Å². The Hall–Kier alpha value is 0.260. The monoisotopic (exact) mass is 240 g/mol. The molecule has 86 valence electrons. The molecular weight excluding hydrogens is 220 g/mol. The van der Waals surface area contributed by atoms with Crippen molar-refractivity contribution in [3.05, 3.63) is 0 Å². The fraction of sp³-hybridized carbons (Fsp3) is 1.00. The maximum Gasteiger partial charge on any atom is 0.265 e. The van der Waals surface area contributed by atoms with Crippen molar-refractivity contribution in [2.24, 2.45) is 5.41 Å². The van der Waals surface area contributed by atoms with E-state index < -0.39 is 15.5 Å². The zero-order valence-electron chi connectivity index (χ0n) is 9.24. The summed E-state index contributed by atoms with van der Waals surface area (Å²) in [7, 11) is -3.90. The molecule has 0 aromatic carbocycles. The number of hydrogen-bond donors (Lipinski definition) is 2. The Morgan fingerprint density at radius 2 is 1.71 bits per heavy atom. The zero-order chi connectivity index (χ0) is 11.6. The fourth-order valence-electron chi connectivity index (χ4n) is 1.70. The molecule has 0 radical (unpaired) electrons. The van der Waals surface area contributed by atoms with Crippen LogP contribution in [0.5, 0.6) is 0 Å². The van der Waals surface area contributed by atoms with Crippen LogP contribution in [0.25, 0.3) is 0 Å². The highest BCUT2D eigenvalue weighted by Crippen LogP contribution is 2.34. The summed E-state index contributed by atoms with van der Waals surface area (Å²) < 4.78 is 30.1. The number of thiol groups is 1. The smallest absolute Gasteiger partial charge is 0.265 e. The molecule has 1 N–H and O–H groups in total. The second-order valence-corrected chi connectivity index (χ2v) is 7.45. The Kier molecular flexibility index (Phi) is 4.49. The van der Waals surface area contributed by atoms with Gasteiger partial charge in [-0.15, -0.1) is 0 Å². The highest BCUT2D eigenvalue weighted by Gasteiger charge is 2.31. The summed E-state index contributed by atoms with van der Waals surface area (Å²) >= 11 is 4.45. The lowest BCUT2D eigenvalue weighted by Gasteiger charge is -2.32. The highest BCUT2D eigenvalue weighted by molar-refractivity contribution is 7.85. The van der Waals surface area contributed by atoms with Crippen LogP contribution in [0.4, 0.5) is 0 Å². The van der Waals surface area contributed by atoms with Crippen LogP contribution in [0.1, 0.15) is 40.5 Å². The minimum Gasteiger partial charge on any atom is -0.286 e. The molecule has 3 nitrogen and oxygen atoms in total. The predicted molar refractivity (Wildman–Crippen MR) is 62.5 cm³/mol. The van der Waals surface area contributed by atoms with Crippen molar-refractivity contribution in [3.8, 4) is 0 Å². The molecule has 0 saturated heterocycles. The minimum absolute atomic E-state index is 0.186. The van der Waals surface area contributed by atoms with E-state index >= 15 is 0 Å². The van der Waals surface area contributed by atoms with Gasteiger partial charge >= 0.3 is 0 Å². The first kappa shape index (κ1) is 14.3. The van der Waals surface area contributed by atoms with E-state index in [2.05, 4.69) is 12.6 Å². The fourth-order valence-corrected chi connectivity index (χ4v) is 3.22. The third-order valence-electron chi connectivity index (χ3n) is 2.19. The molecule has 1 unspecified atom stereocenters.